The lowest BCUT2D eigenvalue weighted by Crippen LogP contribution is -2.34. The van der Waals surface area contributed by atoms with Crippen molar-refractivity contribution in [3.05, 3.63) is 35.4 Å². The van der Waals surface area contributed by atoms with Crippen LogP contribution in [0.3, 0.4) is 0 Å². The SMILES string of the molecule is CN=C(NC)NCc1ccc(CN2CCC(C)CC2)cc1.I. The first-order valence-corrected chi connectivity index (χ1v) is 7.90. The molecular weight excluding hydrogens is 387 g/mol. The number of piperidine rings is 1. The van der Waals surface area contributed by atoms with E-state index in [1.807, 2.05) is 7.05 Å². The van der Waals surface area contributed by atoms with Crippen molar-refractivity contribution < 1.29 is 0 Å². The average molecular weight is 416 g/mol. The molecule has 0 radical (unpaired) electrons. The fourth-order valence-corrected chi connectivity index (χ4v) is 2.71. The second-order valence-electron chi connectivity index (χ2n) is 5.95. The van der Waals surface area contributed by atoms with Gasteiger partial charge >= 0.3 is 0 Å². The van der Waals surface area contributed by atoms with Crippen LogP contribution in [0.25, 0.3) is 0 Å². The molecule has 1 fully saturated rings. The van der Waals surface area contributed by atoms with Gasteiger partial charge in [-0.3, -0.25) is 9.89 Å². The summed E-state index contributed by atoms with van der Waals surface area (Å²) in [4.78, 5) is 6.68. The lowest BCUT2D eigenvalue weighted by molar-refractivity contribution is 0.185. The zero-order chi connectivity index (χ0) is 15.1. The van der Waals surface area contributed by atoms with Gasteiger partial charge in [-0.05, 0) is 43.0 Å². The number of benzene rings is 1. The fraction of sp³-hybridized carbons (Fsp3) is 0.588. The van der Waals surface area contributed by atoms with Crippen LogP contribution in [0.2, 0.25) is 0 Å². The third-order valence-corrected chi connectivity index (χ3v) is 4.23. The third-order valence-electron chi connectivity index (χ3n) is 4.23. The van der Waals surface area contributed by atoms with Gasteiger partial charge < -0.3 is 10.6 Å². The molecule has 1 heterocycles. The van der Waals surface area contributed by atoms with E-state index in [0.717, 1.165) is 25.0 Å². The van der Waals surface area contributed by atoms with Crippen LogP contribution in [-0.4, -0.2) is 38.0 Å². The highest BCUT2D eigenvalue weighted by Crippen LogP contribution is 2.18. The van der Waals surface area contributed by atoms with E-state index < -0.39 is 0 Å². The zero-order valence-electron chi connectivity index (χ0n) is 13.9. The Bertz CT molecular complexity index is 450. The highest BCUT2D eigenvalue weighted by atomic mass is 127. The summed E-state index contributed by atoms with van der Waals surface area (Å²) in [5, 5.41) is 6.29. The normalized spacial score (nSPS) is 17.0. The van der Waals surface area contributed by atoms with E-state index in [-0.39, 0.29) is 24.0 Å². The molecule has 1 aromatic rings. The Balaban J connectivity index is 0.00000242. The molecule has 0 unspecified atom stereocenters. The molecule has 0 amide bonds. The number of nitrogens with one attached hydrogen (secondary N) is 2. The predicted molar refractivity (Wildman–Crippen MR) is 105 cm³/mol. The molecule has 0 aromatic heterocycles. The molecule has 2 N–H and O–H groups in total. The van der Waals surface area contributed by atoms with Crippen LogP contribution in [-0.2, 0) is 13.1 Å². The van der Waals surface area contributed by atoms with Gasteiger partial charge in [0, 0.05) is 27.2 Å². The topological polar surface area (TPSA) is 39.7 Å². The van der Waals surface area contributed by atoms with Crippen LogP contribution in [0.15, 0.2) is 29.3 Å². The van der Waals surface area contributed by atoms with Crippen molar-refractivity contribution in [2.24, 2.45) is 10.9 Å². The number of guanidine groups is 1. The van der Waals surface area contributed by atoms with Crippen molar-refractivity contribution in [2.75, 3.05) is 27.2 Å². The van der Waals surface area contributed by atoms with E-state index in [1.54, 1.807) is 7.05 Å². The number of hydrogen-bond donors (Lipinski definition) is 2. The highest BCUT2D eigenvalue weighted by Gasteiger charge is 2.15. The van der Waals surface area contributed by atoms with E-state index in [0.29, 0.717) is 0 Å². The zero-order valence-corrected chi connectivity index (χ0v) is 16.3. The molecule has 0 aliphatic carbocycles. The van der Waals surface area contributed by atoms with E-state index >= 15 is 0 Å². The summed E-state index contributed by atoms with van der Waals surface area (Å²) in [5.74, 6) is 1.72. The van der Waals surface area contributed by atoms with Crippen LogP contribution in [0.4, 0.5) is 0 Å². The van der Waals surface area contributed by atoms with Gasteiger partial charge in [0.25, 0.3) is 0 Å². The van der Waals surface area contributed by atoms with Gasteiger partial charge in [0.2, 0.25) is 0 Å². The smallest absolute Gasteiger partial charge is 0.190 e. The first kappa shape index (κ1) is 19.2. The van der Waals surface area contributed by atoms with Gasteiger partial charge in [-0.15, -0.1) is 24.0 Å². The summed E-state index contributed by atoms with van der Waals surface area (Å²) in [6.07, 6.45) is 2.68. The van der Waals surface area contributed by atoms with Gasteiger partial charge in [-0.25, -0.2) is 0 Å². The van der Waals surface area contributed by atoms with Gasteiger partial charge in [-0.2, -0.15) is 0 Å². The van der Waals surface area contributed by atoms with Crippen molar-refractivity contribution in [3.63, 3.8) is 0 Å². The number of nitrogens with zero attached hydrogens (tertiary/aromatic N) is 2. The quantitative estimate of drug-likeness (QED) is 0.451. The van der Waals surface area contributed by atoms with E-state index in [4.69, 9.17) is 0 Å². The van der Waals surface area contributed by atoms with Gasteiger partial charge in [0.1, 0.15) is 0 Å². The van der Waals surface area contributed by atoms with Crippen LogP contribution in [0.5, 0.6) is 0 Å². The van der Waals surface area contributed by atoms with Crippen LogP contribution in [0.1, 0.15) is 30.9 Å². The molecule has 4 nitrogen and oxygen atoms in total. The first-order chi connectivity index (χ1) is 10.2. The van der Waals surface area contributed by atoms with Crippen LogP contribution in [0, 0.1) is 5.92 Å². The van der Waals surface area contributed by atoms with Gasteiger partial charge in [0.15, 0.2) is 5.96 Å². The Morgan fingerprint density at radius 3 is 2.32 bits per heavy atom. The standard InChI is InChI=1S/C17H28N4.HI/c1-14-8-10-21(11-9-14)13-16-6-4-15(5-7-16)12-20-17(18-2)19-3;/h4-7,14H,8-13H2,1-3H3,(H2,18,19,20);1H. The average Bonchev–Trinajstić information content (AvgIpc) is 2.52. The Kier molecular flexibility index (Phi) is 8.78. The highest BCUT2D eigenvalue weighted by molar-refractivity contribution is 14.0. The molecule has 1 saturated heterocycles. The summed E-state index contributed by atoms with van der Waals surface area (Å²) in [5.41, 5.74) is 2.69. The summed E-state index contributed by atoms with van der Waals surface area (Å²) < 4.78 is 0. The molecule has 124 valence electrons. The summed E-state index contributed by atoms with van der Waals surface area (Å²) in [6, 6.07) is 8.91. The molecule has 1 aliphatic rings. The lowest BCUT2D eigenvalue weighted by Gasteiger charge is -2.30. The van der Waals surface area contributed by atoms with E-state index in [1.165, 1.54) is 37.1 Å². The van der Waals surface area contributed by atoms with Gasteiger partial charge in [-0.1, -0.05) is 31.2 Å². The molecule has 0 bridgehead atoms. The molecule has 22 heavy (non-hydrogen) atoms. The van der Waals surface area contributed by atoms with Crippen LogP contribution >= 0.6 is 24.0 Å². The third kappa shape index (κ3) is 6.12. The maximum absolute atomic E-state index is 4.11. The van der Waals surface area contributed by atoms with E-state index in [2.05, 4.69) is 51.7 Å². The van der Waals surface area contributed by atoms with Crippen molar-refractivity contribution in [3.8, 4) is 0 Å². The second kappa shape index (κ2) is 10.0. The Labute approximate surface area is 151 Å². The summed E-state index contributed by atoms with van der Waals surface area (Å²) in [6.45, 7) is 6.72. The minimum atomic E-state index is 0. The maximum Gasteiger partial charge on any atom is 0.190 e. The molecule has 2 rings (SSSR count). The van der Waals surface area contributed by atoms with Crippen LogP contribution < -0.4 is 10.6 Å². The predicted octanol–water partition coefficient (Wildman–Crippen LogP) is 2.83. The van der Waals surface area contributed by atoms with Crippen molar-refractivity contribution in [2.45, 2.75) is 32.9 Å². The largest absolute Gasteiger partial charge is 0.359 e. The van der Waals surface area contributed by atoms with E-state index in [9.17, 15) is 0 Å². The molecule has 0 atom stereocenters. The molecular formula is C17H29IN4. The van der Waals surface area contributed by atoms with Crippen molar-refractivity contribution >= 4 is 29.9 Å². The lowest BCUT2D eigenvalue weighted by atomic mass is 9.99. The number of likely N-dealkylation sites (tertiary alicyclic amines) is 1. The van der Waals surface area contributed by atoms with Crippen molar-refractivity contribution in [1.82, 2.24) is 15.5 Å². The minimum absolute atomic E-state index is 0. The maximum atomic E-state index is 4.11. The molecule has 0 saturated carbocycles. The molecule has 0 spiro atoms. The molecule has 5 heteroatoms. The fourth-order valence-electron chi connectivity index (χ4n) is 2.71. The molecule has 1 aromatic carbocycles. The Hall–Kier alpha value is -0.820. The van der Waals surface area contributed by atoms with Crippen molar-refractivity contribution in [1.29, 1.82) is 0 Å². The molecule has 1 aliphatic heterocycles. The number of halogens is 1. The summed E-state index contributed by atoms with van der Waals surface area (Å²) >= 11 is 0. The number of aliphatic imine (C=N–C) groups is 1. The number of hydrogen-bond acceptors (Lipinski definition) is 2. The monoisotopic (exact) mass is 416 g/mol. The Morgan fingerprint density at radius 1 is 1.18 bits per heavy atom. The number of rotatable bonds is 4. The summed E-state index contributed by atoms with van der Waals surface area (Å²) in [7, 11) is 3.65. The minimum Gasteiger partial charge on any atom is -0.359 e. The Morgan fingerprint density at radius 2 is 1.77 bits per heavy atom. The van der Waals surface area contributed by atoms with Gasteiger partial charge in [0.05, 0.1) is 0 Å². The second-order valence-corrected chi connectivity index (χ2v) is 5.95. The first-order valence-electron chi connectivity index (χ1n) is 7.90.